The summed E-state index contributed by atoms with van der Waals surface area (Å²) in [5.41, 5.74) is -1.06. The van der Waals surface area contributed by atoms with E-state index >= 15 is 0 Å². The second-order valence-electron chi connectivity index (χ2n) is 4.70. The van der Waals surface area contributed by atoms with E-state index in [9.17, 15) is 35.7 Å². The van der Waals surface area contributed by atoms with Crippen LogP contribution in [-0.4, -0.2) is 31.3 Å². The van der Waals surface area contributed by atoms with Crippen LogP contribution in [0.15, 0.2) is 53.4 Å². The molecule has 0 fully saturated rings. The Kier molecular flexibility index (Phi) is 5.33. The van der Waals surface area contributed by atoms with Crippen LogP contribution in [0.1, 0.15) is 20.7 Å². The largest absolute Gasteiger partial charge is 0.573 e. The van der Waals surface area contributed by atoms with Gasteiger partial charge in [-0.25, -0.2) is 9.59 Å². The molecule has 2 aromatic carbocycles. The normalized spacial score (nSPS) is 11.7. The van der Waals surface area contributed by atoms with Crippen LogP contribution in [0.3, 0.4) is 0 Å². The molecule has 0 aromatic heterocycles. The molecule has 2 rings (SSSR count). The van der Waals surface area contributed by atoms with E-state index in [2.05, 4.69) is 9.47 Å². The predicted octanol–water partition coefficient (Wildman–Crippen LogP) is 2.83. The van der Waals surface area contributed by atoms with E-state index in [0.717, 1.165) is 12.1 Å². The standard InChI is InChI=1S/C15H9F3O7S/c16-15(17,18)25-11-8-4-7-10(12(11)26(21,22)23)14(20)24-13(19)9-5-2-1-3-6-9/h1-8H,(H,21,22,23). The molecule has 11 heteroatoms. The lowest BCUT2D eigenvalue weighted by molar-refractivity contribution is -0.275. The number of alkyl halides is 3. The van der Waals surface area contributed by atoms with E-state index in [1.54, 1.807) is 6.07 Å². The fraction of sp³-hybridized carbons (Fsp3) is 0.0667. The van der Waals surface area contributed by atoms with Gasteiger partial charge in [0.25, 0.3) is 10.1 Å². The van der Waals surface area contributed by atoms with Crippen molar-refractivity contribution >= 4 is 22.1 Å². The zero-order chi connectivity index (χ0) is 19.5. The molecule has 0 radical (unpaired) electrons. The molecule has 0 aliphatic heterocycles. The van der Waals surface area contributed by atoms with Gasteiger partial charge in [-0.1, -0.05) is 24.3 Å². The molecule has 0 saturated heterocycles. The summed E-state index contributed by atoms with van der Waals surface area (Å²) in [4.78, 5) is 22.4. The maximum atomic E-state index is 12.4. The number of hydrogen-bond acceptors (Lipinski definition) is 6. The Bertz CT molecular complexity index is 937. The van der Waals surface area contributed by atoms with Gasteiger partial charge in [0.05, 0.1) is 11.1 Å². The number of ether oxygens (including phenoxy) is 2. The second-order valence-corrected chi connectivity index (χ2v) is 6.06. The van der Waals surface area contributed by atoms with Crippen LogP contribution in [0.4, 0.5) is 13.2 Å². The molecule has 2 aromatic rings. The van der Waals surface area contributed by atoms with Gasteiger partial charge in [-0.15, -0.1) is 13.2 Å². The van der Waals surface area contributed by atoms with Gasteiger partial charge in [-0.3, -0.25) is 4.55 Å². The number of rotatable bonds is 4. The maximum absolute atomic E-state index is 12.4. The van der Waals surface area contributed by atoms with Crippen molar-refractivity contribution in [2.24, 2.45) is 0 Å². The molecule has 138 valence electrons. The van der Waals surface area contributed by atoms with Crippen molar-refractivity contribution in [3.8, 4) is 5.75 Å². The van der Waals surface area contributed by atoms with E-state index in [0.29, 0.717) is 6.07 Å². The number of hydrogen-bond donors (Lipinski definition) is 1. The molecule has 0 spiro atoms. The summed E-state index contributed by atoms with van der Waals surface area (Å²) >= 11 is 0. The van der Waals surface area contributed by atoms with Gasteiger partial charge in [-0.2, -0.15) is 8.42 Å². The van der Waals surface area contributed by atoms with Crippen molar-refractivity contribution in [1.29, 1.82) is 0 Å². The average Bonchev–Trinajstić information content (AvgIpc) is 2.52. The van der Waals surface area contributed by atoms with E-state index in [-0.39, 0.29) is 5.56 Å². The monoisotopic (exact) mass is 390 g/mol. The van der Waals surface area contributed by atoms with Gasteiger partial charge in [0.15, 0.2) is 10.6 Å². The molecule has 0 bridgehead atoms. The van der Waals surface area contributed by atoms with E-state index < -0.39 is 44.6 Å². The third-order valence-corrected chi connectivity index (χ3v) is 3.81. The molecule has 0 aliphatic carbocycles. The summed E-state index contributed by atoms with van der Waals surface area (Å²) in [6.07, 6.45) is -5.29. The summed E-state index contributed by atoms with van der Waals surface area (Å²) in [7, 11) is -5.32. The highest BCUT2D eigenvalue weighted by atomic mass is 32.2. The molecule has 0 atom stereocenters. The molecule has 0 aliphatic rings. The number of esters is 2. The molecule has 0 amide bonds. The van der Waals surface area contributed by atoms with Gasteiger partial charge in [0, 0.05) is 0 Å². The average molecular weight is 390 g/mol. The van der Waals surface area contributed by atoms with Crippen molar-refractivity contribution in [2.45, 2.75) is 11.3 Å². The van der Waals surface area contributed by atoms with Crippen molar-refractivity contribution in [3.05, 3.63) is 59.7 Å². The summed E-state index contributed by atoms with van der Waals surface area (Å²) in [6, 6.07) is 9.28. The molecular weight excluding hydrogens is 381 g/mol. The van der Waals surface area contributed by atoms with Crippen LogP contribution in [0, 0.1) is 0 Å². The third-order valence-electron chi connectivity index (χ3n) is 2.88. The fourth-order valence-corrected chi connectivity index (χ4v) is 2.71. The highest BCUT2D eigenvalue weighted by Crippen LogP contribution is 2.32. The minimum absolute atomic E-state index is 0.0584. The first-order chi connectivity index (χ1) is 12.0. The van der Waals surface area contributed by atoms with Crippen molar-refractivity contribution in [2.75, 3.05) is 0 Å². The summed E-state index contributed by atoms with van der Waals surface area (Å²) in [5.74, 6) is -4.10. The highest BCUT2D eigenvalue weighted by Gasteiger charge is 2.36. The van der Waals surface area contributed by atoms with Gasteiger partial charge in [-0.05, 0) is 24.3 Å². The maximum Gasteiger partial charge on any atom is 0.573 e. The van der Waals surface area contributed by atoms with Crippen molar-refractivity contribution in [1.82, 2.24) is 0 Å². The SMILES string of the molecule is O=C(OC(=O)c1cccc(OC(F)(F)F)c1S(=O)(=O)O)c1ccccc1. The minimum Gasteiger partial charge on any atom is -0.404 e. The molecule has 26 heavy (non-hydrogen) atoms. The van der Waals surface area contributed by atoms with Gasteiger partial charge < -0.3 is 9.47 Å². The molecule has 0 heterocycles. The topological polar surface area (TPSA) is 107 Å². The lowest BCUT2D eigenvalue weighted by Crippen LogP contribution is -2.21. The van der Waals surface area contributed by atoms with Crippen LogP contribution in [0.5, 0.6) is 5.75 Å². The zero-order valence-corrected chi connectivity index (χ0v) is 13.4. The van der Waals surface area contributed by atoms with Crippen LogP contribution in [0.25, 0.3) is 0 Å². The number of benzene rings is 2. The van der Waals surface area contributed by atoms with Gasteiger partial charge in [0.1, 0.15) is 0 Å². The van der Waals surface area contributed by atoms with Crippen LogP contribution >= 0.6 is 0 Å². The third kappa shape index (κ3) is 4.80. The smallest absolute Gasteiger partial charge is 0.404 e. The Hall–Kier alpha value is -2.92. The quantitative estimate of drug-likeness (QED) is 0.486. The predicted molar refractivity (Wildman–Crippen MR) is 79.1 cm³/mol. The molecule has 0 saturated carbocycles. The number of halogens is 3. The van der Waals surface area contributed by atoms with Gasteiger partial charge in [0.2, 0.25) is 0 Å². The first-order valence-electron chi connectivity index (χ1n) is 6.67. The Labute approximate surface area is 144 Å². The van der Waals surface area contributed by atoms with E-state index in [4.69, 9.17) is 0 Å². The van der Waals surface area contributed by atoms with E-state index in [1.807, 2.05) is 0 Å². The molecule has 1 N–H and O–H groups in total. The Morgan fingerprint density at radius 2 is 1.54 bits per heavy atom. The number of carbonyl (C=O) groups is 2. The molecular formula is C15H9F3O7S. The van der Waals surface area contributed by atoms with Crippen molar-refractivity contribution < 1.29 is 45.2 Å². The summed E-state index contributed by atoms with van der Waals surface area (Å²) in [5, 5.41) is 0. The van der Waals surface area contributed by atoms with Crippen LogP contribution in [-0.2, 0) is 14.9 Å². The van der Waals surface area contributed by atoms with E-state index in [1.165, 1.54) is 24.3 Å². The highest BCUT2D eigenvalue weighted by molar-refractivity contribution is 7.86. The second kappa shape index (κ2) is 7.14. The Morgan fingerprint density at radius 1 is 0.923 bits per heavy atom. The fourth-order valence-electron chi connectivity index (χ4n) is 1.92. The first kappa shape index (κ1) is 19.4. The van der Waals surface area contributed by atoms with Gasteiger partial charge >= 0.3 is 18.3 Å². The lowest BCUT2D eigenvalue weighted by atomic mass is 10.2. The summed E-state index contributed by atoms with van der Waals surface area (Å²) < 4.78 is 77.2. The Balaban J connectivity index is 2.44. The summed E-state index contributed by atoms with van der Waals surface area (Å²) in [6.45, 7) is 0. The van der Waals surface area contributed by atoms with Crippen LogP contribution in [0.2, 0.25) is 0 Å². The molecule has 0 unspecified atom stereocenters. The lowest BCUT2D eigenvalue weighted by Gasteiger charge is -2.14. The molecule has 7 nitrogen and oxygen atoms in total. The number of carbonyl (C=O) groups excluding carboxylic acids is 2. The van der Waals surface area contributed by atoms with Crippen molar-refractivity contribution in [3.63, 3.8) is 0 Å². The first-order valence-corrected chi connectivity index (χ1v) is 8.11. The Morgan fingerprint density at radius 3 is 2.08 bits per heavy atom. The zero-order valence-electron chi connectivity index (χ0n) is 12.6. The van der Waals surface area contributed by atoms with Crippen LogP contribution < -0.4 is 4.74 Å². The minimum atomic E-state index is -5.32.